The van der Waals surface area contributed by atoms with E-state index in [2.05, 4.69) is 38.2 Å². The molecule has 0 bridgehead atoms. The van der Waals surface area contributed by atoms with Crippen LogP contribution < -0.4 is 5.73 Å². The van der Waals surface area contributed by atoms with Crippen molar-refractivity contribution in [2.75, 3.05) is 35.0 Å². The Morgan fingerprint density at radius 3 is 1.33 bits per heavy atom. The van der Waals surface area contributed by atoms with Gasteiger partial charge in [0.1, 0.15) is 0 Å². The fraction of sp³-hybridized carbons (Fsp3) is 1.00. The van der Waals surface area contributed by atoms with Gasteiger partial charge in [-0.2, -0.15) is 0 Å². The van der Waals surface area contributed by atoms with Crippen LogP contribution >= 0.6 is 15.2 Å². The van der Waals surface area contributed by atoms with Crippen LogP contribution in [0.15, 0.2) is 0 Å². The molecule has 128 valence electrons. The van der Waals surface area contributed by atoms with Gasteiger partial charge in [0.05, 0.1) is 28.4 Å². The molecule has 21 heavy (non-hydrogen) atoms. The minimum atomic E-state index is -4.78. The van der Waals surface area contributed by atoms with Crippen LogP contribution in [0.3, 0.4) is 0 Å². The highest BCUT2D eigenvalue weighted by atomic mass is 31.2. The SMILES string of the molecule is COOP(=O)(OOC)C(O)(CCN)P(=O)(OOC)OOC. The van der Waals surface area contributed by atoms with Crippen LogP contribution in [0.1, 0.15) is 6.42 Å². The van der Waals surface area contributed by atoms with Gasteiger partial charge in [-0.1, -0.05) is 0 Å². The third kappa shape index (κ3) is 4.52. The Morgan fingerprint density at radius 1 is 0.857 bits per heavy atom. The quantitative estimate of drug-likeness (QED) is 0.287. The zero-order chi connectivity index (χ0) is 16.6. The topological polar surface area (TPSA) is 154 Å². The molecule has 3 N–H and O–H groups in total. The Bertz CT molecular complexity index is 341. The van der Waals surface area contributed by atoms with Gasteiger partial charge >= 0.3 is 15.2 Å². The van der Waals surface area contributed by atoms with E-state index < -0.39 is 26.7 Å². The van der Waals surface area contributed by atoms with Gasteiger partial charge in [-0.15, -0.1) is 18.7 Å². The van der Waals surface area contributed by atoms with Gasteiger partial charge in [0.2, 0.25) is 0 Å². The molecular weight excluding hydrogens is 336 g/mol. The van der Waals surface area contributed by atoms with E-state index in [1.54, 1.807) is 0 Å². The molecule has 0 radical (unpaired) electrons. The maximum absolute atomic E-state index is 12.6. The van der Waals surface area contributed by atoms with Gasteiger partial charge in [-0.3, -0.25) is 9.13 Å². The van der Waals surface area contributed by atoms with Gasteiger partial charge in [0.25, 0.3) is 5.08 Å². The predicted octanol–water partition coefficient (Wildman–Crippen LogP) is 0.679. The van der Waals surface area contributed by atoms with Gasteiger partial charge in [0.15, 0.2) is 0 Å². The molecule has 0 amide bonds. The summed E-state index contributed by atoms with van der Waals surface area (Å²) in [5.74, 6) is 0. The van der Waals surface area contributed by atoms with Crippen molar-refractivity contribution in [2.24, 2.45) is 5.73 Å². The molecule has 0 rings (SSSR count). The molecule has 0 saturated heterocycles. The van der Waals surface area contributed by atoms with Gasteiger partial charge in [0, 0.05) is 6.42 Å². The number of hydrogen-bond donors (Lipinski definition) is 2. The molecule has 0 saturated carbocycles. The van der Waals surface area contributed by atoms with Crippen LogP contribution in [-0.2, 0) is 47.4 Å². The van der Waals surface area contributed by atoms with E-state index in [0.29, 0.717) is 0 Å². The highest BCUT2D eigenvalue weighted by Gasteiger charge is 2.68. The Morgan fingerprint density at radius 2 is 1.14 bits per heavy atom. The van der Waals surface area contributed by atoms with Crippen LogP contribution in [0.4, 0.5) is 0 Å². The molecule has 0 atom stereocenters. The number of rotatable bonds is 12. The van der Waals surface area contributed by atoms with E-state index in [-0.39, 0.29) is 6.54 Å². The summed E-state index contributed by atoms with van der Waals surface area (Å²) in [6.07, 6.45) is -0.624. The normalized spacial score (nSPS) is 13.6. The van der Waals surface area contributed by atoms with Crippen molar-refractivity contribution < 1.29 is 52.5 Å². The van der Waals surface area contributed by atoms with E-state index >= 15 is 0 Å². The van der Waals surface area contributed by atoms with Crippen LogP contribution in [-0.4, -0.2) is 45.2 Å². The first kappa shape index (κ1) is 21.1. The summed E-state index contributed by atoms with van der Waals surface area (Å²) in [4.78, 5) is 16.9. The molecule has 0 aliphatic carbocycles. The Labute approximate surface area is 121 Å². The predicted molar refractivity (Wildman–Crippen MR) is 66.2 cm³/mol. The second-order valence-corrected chi connectivity index (χ2v) is 7.69. The first-order valence-corrected chi connectivity index (χ1v) is 8.41. The zero-order valence-corrected chi connectivity index (χ0v) is 13.7. The van der Waals surface area contributed by atoms with Crippen molar-refractivity contribution in [1.82, 2.24) is 0 Å². The molecule has 14 heteroatoms. The lowest BCUT2D eigenvalue weighted by Gasteiger charge is -2.34. The lowest BCUT2D eigenvalue weighted by Crippen LogP contribution is -2.35. The molecule has 0 aromatic rings. The van der Waals surface area contributed by atoms with Crippen molar-refractivity contribution in [2.45, 2.75) is 11.5 Å². The molecule has 0 heterocycles. The van der Waals surface area contributed by atoms with Gasteiger partial charge in [-0.05, 0) is 6.54 Å². The minimum Gasteiger partial charge on any atom is -0.367 e. The van der Waals surface area contributed by atoms with Crippen LogP contribution in [0.2, 0.25) is 0 Å². The summed E-state index contributed by atoms with van der Waals surface area (Å²) in [5.41, 5.74) is 5.30. The number of aliphatic hydroxyl groups is 1. The molecular formula is C7H19NO11P2. The standard InChI is InChI=1S/C7H19NO11P2/c1-12-16-20(10,17-13-2)7(9,5-6-8)21(11,18-14-3)19-15-4/h9H,5-6,8H2,1-4H3. The smallest absolute Gasteiger partial charge is 0.367 e. The molecule has 0 unspecified atom stereocenters. The van der Waals surface area contributed by atoms with E-state index in [1.165, 1.54) is 0 Å². The number of hydrogen-bond acceptors (Lipinski definition) is 12. The summed E-state index contributed by atoms with van der Waals surface area (Å²) >= 11 is 0. The van der Waals surface area contributed by atoms with Crippen molar-refractivity contribution in [3.63, 3.8) is 0 Å². The molecule has 0 aliphatic heterocycles. The lowest BCUT2D eigenvalue weighted by molar-refractivity contribution is -0.264. The summed E-state index contributed by atoms with van der Waals surface area (Å²) in [7, 11) is -5.70. The molecule has 0 aliphatic rings. The van der Waals surface area contributed by atoms with Crippen molar-refractivity contribution in [3.8, 4) is 0 Å². The Kier molecular flexibility index (Phi) is 9.28. The van der Waals surface area contributed by atoms with E-state index in [4.69, 9.17) is 5.73 Å². The number of nitrogens with two attached hydrogens (primary N) is 1. The van der Waals surface area contributed by atoms with E-state index in [1.807, 2.05) is 0 Å². The minimum absolute atomic E-state index is 0.315. The molecule has 0 spiro atoms. The lowest BCUT2D eigenvalue weighted by atomic mass is 10.5. The summed E-state index contributed by atoms with van der Waals surface area (Å²) in [5, 5.41) is 7.61. The van der Waals surface area contributed by atoms with E-state index in [9.17, 15) is 14.2 Å². The second-order valence-electron chi connectivity index (χ2n) is 3.27. The van der Waals surface area contributed by atoms with Crippen molar-refractivity contribution in [1.29, 1.82) is 0 Å². The van der Waals surface area contributed by atoms with Crippen LogP contribution in [0.5, 0.6) is 0 Å². The highest BCUT2D eigenvalue weighted by molar-refractivity contribution is 7.73. The molecule has 0 aromatic carbocycles. The van der Waals surface area contributed by atoms with Gasteiger partial charge < -0.3 is 10.8 Å². The Balaban J connectivity index is 5.95. The summed E-state index contributed by atoms with van der Waals surface area (Å²) in [6, 6.07) is 0. The monoisotopic (exact) mass is 355 g/mol. The molecule has 0 fully saturated rings. The maximum atomic E-state index is 12.6. The Hall–Kier alpha value is 0.0600. The fourth-order valence-electron chi connectivity index (χ4n) is 1.27. The third-order valence-corrected chi connectivity index (χ3v) is 7.10. The fourth-order valence-corrected chi connectivity index (χ4v) is 4.99. The van der Waals surface area contributed by atoms with Crippen molar-refractivity contribution >= 4 is 15.2 Å². The first-order valence-electron chi connectivity index (χ1n) is 5.33. The second kappa shape index (κ2) is 9.26. The first-order chi connectivity index (χ1) is 9.80. The summed E-state index contributed by atoms with van der Waals surface area (Å²) < 4.78 is 42.7. The largest absolute Gasteiger partial charge is 0.428 e. The maximum Gasteiger partial charge on any atom is 0.428 e. The average Bonchev–Trinajstić information content (AvgIpc) is 2.39. The van der Waals surface area contributed by atoms with E-state index in [0.717, 1.165) is 28.4 Å². The zero-order valence-electron chi connectivity index (χ0n) is 11.9. The van der Waals surface area contributed by atoms with Crippen LogP contribution in [0, 0.1) is 0 Å². The third-order valence-electron chi connectivity index (χ3n) is 2.05. The highest BCUT2D eigenvalue weighted by Crippen LogP contribution is 2.77. The van der Waals surface area contributed by atoms with Crippen LogP contribution in [0.25, 0.3) is 0 Å². The van der Waals surface area contributed by atoms with Crippen molar-refractivity contribution in [3.05, 3.63) is 0 Å². The molecule has 12 nitrogen and oxygen atoms in total. The van der Waals surface area contributed by atoms with Gasteiger partial charge in [-0.25, -0.2) is 19.6 Å². The molecule has 0 aromatic heterocycles. The average molecular weight is 355 g/mol. The summed E-state index contributed by atoms with van der Waals surface area (Å²) in [6.45, 7) is -0.315.